The predicted octanol–water partition coefficient (Wildman–Crippen LogP) is 4.99. The Bertz CT molecular complexity index is 994. The predicted molar refractivity (Wildman–Crippen MR) is 99.0 cm³/mol. The number of hydrogen-bond donors (Lipinski definition) is 0. The molecule has 0 amide bonds. The molecular formula is C18H13N3OS2. The molecule has 0 saturated carbocycles. The third-order valence-electron chi connectivity index (χ3n) is 3.28. The van der Waals surface area contributed by atoms with E-state index in [4.69, 9.17) is 9.41 Å². The van der Waals surface area contributed by atoms with Crippen molar-refractivity contribution >= 4 is 34.6 Å². The van der Waals surface area contributed by atoms with E-state index in [1.165, 1.54) is 11.3 Å². The molecule has 0 bridgehead atoms. The molecule has 0 aliphatic rings. The maximum absolute atomic E-state index is 5.53. The summed E-state index contributed by atoms with van der Waals surface area (Å²) in [5, 5.41) is 8.66. The van der Waals surface area contributed by atoms with Gasteiger partial charge in [-0.2, -0.15) is 5.10 Å². The number of para-hydroxylation sites is 1. The minimum absolute atomic E-state index is 0.768. The van der Waals surface area contributed by atoms with Gasteiger partial charge in [0.1, 0.15) is 5.69 Å². The van der Waals surface area contributed by atoms with Crippen LogP contribution in [0.2, 0.25) is 0 Å². The molecule has 0 fully saturated rings. The summed E-state index contributed by atoms with van der Waals surface area (Å²) in [6, 6.07) is 17.7. The Balaban J connectivity index is 1.84. The second-order valence-corrected chi connectivity index (χ2v) is 6.72. The van der Waals surface area contributed by atoms with Crippen LogP contribution < -0.4 is 4.80 Å². The molecule has 0 spiro atoms. The Morgan fingerprint density at radius 1 is 0.958 bits per heavy atom. The van der Waals surface area contributed by atoms with Gasteiger partial charge in [0.2, 0.25) is 4.80 Å². The molecule has 118 valence electrons. The molecule has 0 unspecified atom stereocenters. The SMILES string of the molecule is C(=Nn1c(-c2ccco2)csc1=Nc1ccccc1)c1cccs1. The Morgan fingerprint density at radius 2 is 1.88 bits per heavy atom. The van der Waals surface area contributed by atoms with E-state index in [0.717, 1.165) is 26.8 Å². The number of rotatable bonds is 4. The molecule has 3 heterocycles. The summed E-state index contributed by atoms with van der Waals surface area (Å²) >= 11 is 3.18. The molecule has 0 saturated heterocycles. The lowest BCUT2D eigenvalue weighted by Crippen LogP contribution is -2.11. The van der Waals surface area contributed by atoms with E-state index in [2.05, 4.69) is 5.10 Å². The largest absolute Gasteiger partial charge is 0.463 e. The van der Waals surface area contributed by atoms with Crippen molar-refractivity contribution in [2.24, 2.45) is 10.1 Å². The number of nitrogens with zero attached hydrogens (tertiary/aromatic N) is 3. The highest BCUT2D eigenvalue weighted by molar-refractivity contribution is 7.11. The van der Waals surface area contributed by atoms with Gasteiger partial charge in [-0.05, 0) is 35.7 Å². The number of benzene rings is 1. The van der Waals surface area contributed by atoms with Gasteiger partial charge in [-0.1, -0.05) is 24.3 Å². The van der Waals surface area contributed by atoms with Crippen molar-refractivity contribution in [3.8, 4) is 11.5 Å². The maximum atomic E-state index is 5.53. The zero-order chi connectivity index (χ0) is 16.2. The number of hydrogen-bond acceptors (Lipinski definition) is 5. The van der Waals surface area contributed by atoms with Gasteiger partial charge in [0.15, 0.2) is 5.76 Å². The van der Waals surface area contributed by atoms with Crippen LogP contribution in [0.4, 0.5) is 5.69 Å². The van der Waals surface area contributed by atoms with Crippen molar-refractivity contribution in [2.75, 3.05) is 0 Å². The summed E-state index contributed by atoms with van der Waals surface area (Å²) in [6.45, 7) is 0. The first-order valence-electron chi connectivity index (χ1n) is 7.32. The van der Waals surface area contributed by atoms with Crippen LogP contribution in [-0.4, -0.2) is 10.9 Å². The summed E-state index contributed by atoms with van der Waals surface area (Å²) in [6.07, 6.45) is 3.50. The van der Waals surface area contributed by atoms with Crippen LogP contribution in [0, 0.1) is 0 Å². The van der Waals surface area contributed by atoms with Gasteiger partial charge in [-0.3, -0.25) is 0 Å². The minimum Gasteiger partial charge on any atom is -0.463 e. The molecule has 3 aromatic heterocycles. The molecule has 4 nitrogen and oxygen atoms in total. The first-order chi connectivity index (χ1) is 11.9. The van der Waals surface area contributed by atoms with Gasteiger partial charge in [-0.15, -0.1) is 22.7 Å². The molecule has 4 rings (SSSR count). The van der Waals surface area contributed by atoms with E-state index < -0.39 is 0 Å². The zero-order valence-electron chi connectivity index (χ0n) is 12.6. The second kappa shape index (κ2) is 6.82. The van der Waals surface area contributed by atoms with Crippen LogP contribution in [0.5, 0.6) is 0 Å². The molecule has 0 N–H and O–H groups in total. The van der Waals surface area contributed by atoms with Gasteiger partial charge in [-0.25, -0.2) is 9.67 Å². The fraction of sp³-hybridized carbons (Fsp3) is 0. The highest BCUT2D eigenvalue weighted by atomic mass is 32.1. The van der Waals surface area contributed by atoms with Crippen molar-refractivity contribution in [3.05, 3.63) is 81.3 Å². The number of thiazole rings is 1. The summed E-state index contributed by atoms with van der Waals surface area (Å²) in [5.74, 6) is 0.768. The lowest BCUT2D eigenvalue weighted by molar-refractivity contribution is 0.575. The summed E-state index contributed by atoms with van der Waals surface area (Å²) in [5.41, 5.74) is 1.78. The number of aromatic nitrogens is 1. The molecule has 1 aromatic carbocycles. The molecule has 4 aromatic rings. The van der Waals surface area contributed by atoms with Crippen molar-refractivity contribution in [1.29, 1.82) is 0 Å². The third-order valence-corrected chi connectivity index (χ3v) is 4.91. The number of thiophene rings is 1. The third kappa shape index (κ3) is 3.15. The molecule has 6 heteroatoms. The minimum atomic E-state index is 0.768. The fourth-order valence-electron chi connectivity index (χ4n) is 2.18. The van der Waals surface area contributed by atoms with Crippen LogP contribution in [0.25, 0.3) is 11.5 Å². The van der Waals surface area contributed by atoms with Crippen LogP contribution in [0.1, 0.15) is 4.88 Å². The first kappa shape index (κ1) is 14.9. The van der Waals surface area contributed by atoms with E-state index in [9.17, 15) is 0 Å². The van der Waals surface area contributed by atoms with Crippen molar-refractivity contribution in [2.45, 2.75) is 0 Å². The van der Waals surface area contributed by atoms with Crippen LogP contribution in [0.15, 0.2) is 86.1 Å². The van der Waals surface area contributed by atoms with Crippen LogP contribution >= 0.6 is 22.7 Å². The standard InChI is InChI=1S/C18H13N3OS2/c1-2-6-14(7-3-1)20-18-21(19-12-15-8-5-11-23-15)16(13-24-18)17-9-4-10-22-17/h1-13H. The molecule has 0 radical (unpaired) electrons. The van der Waals surface area contributed by atoms with E-state index in [1.807, 2.05) is 76.2 Å². The van der Waals surface area contributed by atoms with E-state index >= 15 is 0 Å². The van der Waals surface area contributed by atoms with E-state index in [0.29, 0.717) is 0 Å². The Hall–Kier alpha value is -2.70. The lowest BCUT2D eigenvalue weighted by atomic mass is 10.3. The summed E-state index contributed by atoms with van der Waals surface area (Å²) in [4.78, 5) is 6.58. The Kier molecular flexibility index (Phi) is 4.22. The maximum Gasteiger partial charge on any atom is 0.211 e. The van der Waals surface area contributed by atoms with Gasteiger partial charge in [0, 0.05) is 10.3 Å². The summed E-state index contributed by atoms with van der Waals surface area (Å²) in [7, 11) is 0. The zero-order valence-corrected chi connectivity index (χ0v) is 14.2. The molecule has 24 heavy (non-hydrogen) atoms. The van der Waals surface area contributed by atoms with E-state index in [-0.39, 0.29) is 0 Å². The molecule has 0 aliphatic carbocycles. The van der Waals surface area contributed by atoms with Crippen molar-refractivity contribution in [3.63, 3.8) is 0 Å². The van der Waals surface area contributed by atoms with Crippen LogP contribution in [-0.2, 0) is 0 Å². The highest BCUT2D eigenvalue weighted by Gasteiger charge is 2.09. The second-order valence-electron chi connectivity index (χ2n) is 4.90. The summed E-state index contributed by atoms with van der Waals surface area (Å²) < 4.78 is 7.35. The monoisotopic (exact) mass is 351 g/mol. The quantitative estimate of drug-likeness (QED) is 0.478. The number of furan rings is 1. The first-order valence-corrected chi connectivity index (χ1v) is 9.08. The van der Waals surface area contributed by atoms with E-state index in [1.54, 1.807) is 17.6 Å². The average Bonchev–Trinajstić information content (AvgIpc) is 3.36. The van der Waals surface area contributed by atoms with Gasteiger partial charge >= 0.3 is 0 Å². The lowest BCUT2D eigenvalue weighted by Gasteiger charge is -2.00. The van der Waals surface area contributed by atoms with Gasteiger partial charge < -0.3 is 4.42 Å². The highest BCUT2D eigenvalue weighted by Crippen LogP contribution is 2.21. The normalized spacial score (nSPS) is 12.2. The Labute approximate surface area is 146 Å². The fourth-order valence-corrected chi connectivity index (χ4v) is 3.59. The molecular weight excluding hydrogens is 338 g/mol. The van der Waals surface area contributed by atoms with Crippen LogP contribution in [0.3, 0.4) is 0 Å². The van der Waals surface area contributed by atoms with Crippen molar-refractivity contribution < 1.29 is 4.42 Å². The smallest absolute Gasteiger partial charge is 0.211 e. The molecule has 0 atom stereocenters. The topological polar surface area (TPSA) is 42.8 Å². The van der Waals surface area contributed by atoms with Gasteiger partial charge in [0.25, 0.3) is 0 Å². The molecule has 0 aliphatic heterocycles. The van der Waals surface area contributed by atoms with Gasteiger partial charge in [0.05, 0.1) is 18.2 Å². The Morgan fingerprint density at radius 3 is 2.62 bits per heavy atom. The average molecular weight is 351 g/mol. The van der Waals surface area contributed by atoms with Crippen molar-refractivity contribution in [1.82, 2.24) is 4.68 Å².